The lowest BCUT2D eigenvalue weighted by Crippen LogP contribution is -2.37. The van der Waals surface area contributed by atoms with Crippen molar-refractivity contribution in [2.45, 2.75) is 18.9 Å². The molecule has 0 aliphatic carbocycles. The average molecular weight is 434 g/mol. The molecule has 3 N–H and O–H groups in total. The van der Waals surface area contributed by atoms with E-state index < -0.39 is 0 Å². The SMILES string of the molecule is COc1ccc(OC)c(C(C)NC(=O)CN2C[C@@H](CN)[C@H](c3ccccc3)C2)c1.Cl. The number of hydrogen-bond donors (Lipinski definition) is 2. The van der Waals surface area contributed by atoms with Gasteiger partial charge in [-0.1, -0.05) is 30.3 Å². The van der Waals surface area contributed by atoms with E-state index in [9.17, 15) is 4.79 Å². The smallest absolute Gasteiger partial charge is 0.234 e. The number of carbonyl (C=O) groups is 1. The standard InChI is InChI=1S/C23H31N3O3.ClH/c1-16(20-11-19(28-2)9-10-22(20)29-3)25-23(27)15-26-13-18(12-24)21(14-26)17-7-5-4-6-8-17;/h4-11,16,18,21H,12-15,24H2,1-3H3,(H,25,27);1H/t16?,18-,21+;/m1./s1. The van der Waals surface area contributed by atoms with Crippen LogP contribution in [0.15, 0.2) is 48.5 Å². The zero-order valence-electron chi connectivity index (χ0n) is 17.8. The fraction of sp³-hybridized carbons (Fsp3) is 0.435. The van der Waals surface area contributed by atoms with Gasteiger partial charge in [-0.05, 0) is 43.1 Å². The van der Waals surface area contributed by atoms with Crippen LogP contribution in [0, 0.1) is 5.92 Å². The van der Waals surface area contributed by atoms with Crippen LogP contribution in [-0.2, 0) is 4.79 Å². The number of nitrogens with one attached hydrogen (secondary N) is 1. The molecule has 1 saturated heterocycles. The van der Waals surface area contributed by atoms with Gasteiger partial charge >= 0.3 is 0 Å². The first-order chi connectivity index (χ1) is 14.0. The molecule has 1 aliphatic rings. The highest BCUT2D eigenvalue weighted by atomic mass is 35.5. The van der Waals surface area contributed by atoms with E-state index in [1.165, 1.54) is 5.56 Å². The van der Waals surface area contributed by atoms with Crippen LogP contribution >= 0.6 is 12.4 Å². The number of halogens is 1. The molecule has 1 amide bonds. The van der Waals surface area contributed by atoms with E-state index in [2.05, 4.69) is 34.5 Å². The number of benzene rings is 2. The Bertz CT molecular complexity index is 819. The van der Waals surface area contributed by atoms with Crippen LogP contribution in [0.4, 0.5) is 0 Å². The van der Waals surface area contributed by atoms with Gasteiger partial charge in [0.2, 0.25) is 5.91 Å². The van der Waals surface area contributed by atoms with Crippen LogP contribution in [0.25, 0.3) is 0 Å². The van der Waals surface area contributed by atoms with Crippen LogP contribution in [-0.4, -0.2) is 51.2 Å². The second-order valence-corrected chi connectivity index (χ2v) is 7.60. The Labute approximate surface area is 185 Å². The van der Waals surface area contributed by atoms with Crippen LogP contribution < -0.4 is 20.5 Å². The Hall–Kier alpha value is -2.28. The molecule has 6 nitrogen and oxygen atoms in total. The van der Waals surface area contributed by atoms with Crippen LogP contribution in [0.3, 0.4) is 0 Å². The summed E-state index contributed by atoms with van der Waals surface area (Å²) in [6, 6.07) is 15.8. The van der Waals surface area contributed by atoms with Crippen LogP contribution in [0.5, 0.6) is 11.5 Å². The number of likely N-dealkylation sites (tertiary alicyclic amines) is 1. The number of hydrogen-bond acceptors (Lipinski definition) is 5. The predicted octanol–water partition coefficient (Wildman–Crippen LogP) is 2.98. The van der Waals surface area contributed by atoms with Crippen molar-refractivity contribution in [3.05, 3.63) is 59.7 Å². The largest absolute Gasteiger partial charge is 0.497 e. The van der Waals surface area contributed by atoms with Gasteiger partial charge in [0.1, 0.15) is 11.5 Å². The number of nitrogens with two attached hydrogens (primary N) is 1. The highest BCUT2D eigenvalue weighted by molar-refractivity contribution is 5.85. The second kappa shape index (κ2) is 11.2. The van der Waals surface area contributed by atoms with Crippen LogP contribution in [0.1, 0.15) is 30.0 Å². The summed E-state index contributed by atoms with van der Waals surface area (Å²) in [5.41, 5.74) is 8.20. The van der Waals surface area contributed by atoms with Crippen molar-refractivity contribution in [3.8, 4) is 11.5 Å². The third-order valence-electron chi connectivity index (χ3n) is 5.70. The molecule has 7 heteroatoms. The normalized spacial score (nSPS) is 19.6. The maximum absolute atomic E-state index is 12.7. The summed E-state index contributed by atoms with van der Waals surface area (Å²) in [4.78, 5) is 14.9. The van der Waals surface area contributed by atoms with Crippen molar-refractivity contribution in [2.24, 2.45) is 11.7 Å². The minimum absolute atomic E-state index is 0. The minimum Gasteiger partial charge on any atom is -0.497 e. The molecular formula is C23H32ClN3O3. The third kappa shape index (κ3) is 5.65. The Morgan fingerprint density at radius 1 is 1.17 bits per heavy atom. The van der Waals surface area contributed by atoms with E-state index >= 15 is 0 Å². The zero-order valence-corrected chi connectivity index (χ0v) is 18.7. The van der Waals surface area contributed by atoms with Gasteiger partial charge in [-0.25, -0.2) is 0 Å². The molecule has 0 spiro atoms. The van der Waals surface area contributed by atoms with Gasteiger partial charge in [0.15, 0.2) is 0 Å². The van der Waals surface area contributed by atoms with Gasteiger partial charge in [0, 0.05) is 24.6 Å². The third-order valence-corrected chi connectivity index (χ3v) is 5.70. The fourth-order valence-electron chi connectivity index (χ4n) is 4.15. The molecule has 2 aromatic rings. The summed E-state index contributed by atoms with van der Waals surface area (Å²) in [6.07, 6.45) is 0. The number of carbonyl (C=O) groups excluding carboxylic acids is 1. The van der Waals surface area contributed by atoms with Crippen molar-refractivity contribution in [1.82, 2.24) is 10.2 Å². The molecular weight excluding hydrogens is 402 g/mol. The van der Waals surface area contributed by atoms with E-state index in [4.69, 9.17) is 15.2 Å². The molecule has 0 aromatic heterocycles. The maximum atomic E-state index is 12.7. The maximum Gasteiger partial charge on any atom is 0.234 e. The first-order valence-electron chi connectivity index (χ1n) is 10.0. The van der Waals surface area contributed by atoms with Gasteiger partial charge < -0.3 is 20.5 Å². The van der Waals surface area contributed by atoms with E-state index in [-0.39, 0.29) is 24.4 Å². The Kier molecular flexibility index (Phi) is 8.96. The number of rotatable bonds is 8. The average Bonchev–Trinajstić information content (AvgIpc) is 3.16. The molecule has 1 aliphatic heterocycles. The highest BCUT2D eigenvalue weighted by Gasteiger charge is 2.33. The molecule has 1 fully saturated rings. The van der Waals surface area contributed by atoms with Gasteiger partial charge in [0.05, 0.1) is 26.8 Å². The van der Waals surface area contributed by atoms with Crippen molar-refractivity contribution in [3.63, 3.8) is 0 Å². The van der Waals surface area contributed by atoms with E-state index in [1.54, 1.807) is 14.2 Å². The zero-order chi connectivity index (χ0) is 20.8. The lowest BCUT2D eigenvalue weighted by molar-refractivity contribution is -0.122. The topological polar surface area (TPSA) is 76.8 Å². The second-order valence-electron chi connectivity index (χ2n) is 7.60. The molecule has 2 aromatic carbocycles. The summed E-state index contributed by atoms with van der Waals surface area (Å²) < 4.78 is 10.7. The van der Waals surface area contributed by atoms with Crippen molar-refractivity contribution in [1.29, 1.82) is 0 Å². The summed E-state index contributed by atoms with van der Waals surface area (Å²) >= 11 is 0. The number of methoxy groups -OCH3 is 2. The van der Waals surface area contributed by atoms with E-state index in [0.29, 0.717) is 24.9 Å². The molecule has 30 heavy (non-hydrogen) atoms. The van der Waals surface area contributed by atoms with Crippen molar-refractivity contribution < 1.29 is 14.3 Å². The highest BCUT2D eigenvalue weighted by Crippen LogP contribution is 2.32. The molecule has 3 atom stereocenters. The lowest BCUT2D eigenvalue weighted by atomic mass is 9.89. The van der Waals surface area contributed by atoms with Crippen molar-refractivity contribution in [2.75, 3.05) is 40.4 Å². The predicted molar refractivity (Wildman–Crippen MR) is 122 cm³/mol. The van der Waals surface area contributed by atoms with E-state index in [1.807, 2.05) is 31.2 Å². The first-order valence-corrected chi connectivity index (χ1v) is 10.0. The Balaban J connectivity index is 0.00000320. The molecule has 1 unspecified atom stereocenters. The first kappa shape index (κ1) is 24.0. The van der Waals surface area contributed by atoms with Gasteiger partial charge in [0.25, 0.3) is 0 Å². The minimum atomic E-state index is -0.189. The van der Waals surface area contributed by atoms with Gasteiger partial charge in [-0.15, -0.1) is 12.4 Å². The van der Waals surface area contributed by atoms with Gasteiger partial charge in [-0.2, -0.15) is 0 Å². The summed E-state index contributed by atoms with van der Waals surface area (Å²) in [6.45, 7) is 4.61. The Morgan fingerprint density at radius 3 is 2.53 bits per heavy atom. The van der Waals surface area contributed by atoms with Gasteiger partial charge in [-0.3, -0.25) is 9.69 Å². The number of nitrogens with zero attached hydrogens (tertiary/aromatic N) is 1. The lowest BCUT2D eigenvalue weighted by Gasteiger charge is -2.21. The monoisotopic (exact) mass is 433 g/mol. The molecule has 0 radical (unpaired) electrons. The summed E-state index contributed by atoms with van der Waals surface area (Å²) in [5.74, 6) is 2.18. The number of ether oxygens (including phenoxy) is 2. The molecule has 1 heterocycles. The quantitative estimate of drug-likeness (QED) is 0.669. The summed E-state index contributed by atoms with van der Waals surface area (Å²) in [7, 11) is 3.25. The molecule has 164 valence electrons. The molecule has 3 rings (SSSR count). The van der Waals surface area contributed by atoms with E-state index in [0.717, 1.165) is 30.2 Å². The number of amides is 1. The summed E-state index contributed by atoms with van der Waals surface area (Å²) in [5, 5.41) is 3.09. The molecule has 0 bridgehead atoms. The molecule has 0 saturated carbocycles. The fourth-order valence-corrected chi connectivity index (χ4v) is 4.15. The Morgan fingerprint density at radius 2 is 1.90 bits per heavy atom. The van der Waals surface area contributed by atoms with Crippen molar-refractivity contribution >= 4 is 18.3 Å². The van der Waals surface area contributed by atoms with Crippen LogP contribution in [0.2, 0.25) is 0 Å².